The molecule has 0 aromatic heterocycles. The van der Waals surface area contributed by atoms with Crippen LogP contribution in [0.25, 0.3) is 0 Å². The Bertz CT molecular complexity index is 421. The molecular formula is C16H23NO2. The molecule has 0 spiro atoms. The number of nitrogens with one attached hydrogen (secondary N) is 1. The van der Waals surface area contributed by atoms with Crippen LogP contribution in [0.2, 0.25) is 0 Å². The summed E-state index contributed by atoms with van der Waals surface area (Å²) in [5.74, 6) is 1.77. The molecule has 1 aromatic carbocycles. The van der Waals surface area contributed by atoms with Crippen molar-refractivity contribution >= 4 is 0 Å². The molecule has 1 saturated carbocycles. The van der Waals surface area contributed by atoms with Gasteiger partial charge in [0.05, 0.1) is 13.2 Å². The summed E-state index contributed by atoms with van der Waals surface area (Å²) in [6.07, 6.45) is 7.78. The average molecular weight is 261 g/mol. The molecule has 1 saturated heterocycles. The van der Waals surface area contributed by atoms with E-state index < -0.39 is 0 Å². The predicted molar refractivity (Wildman–Crippen MR) is 75.9 cm³/mol. The van der Waals surface area contributed by atoms with E-state index in [1.54, 1.807) is 7.11 Å². The third-order valence-corrected chi connectivity index (χ3v) is 4.25. The maximum absolute atomic E-state index is 6.07. The van der Waals surface area contributed by atoms with Crippen molar-refractivity contribution in [2.75, 3.05) is 13.7 Å². The molecule has 1 aliphatic carbocycles. The van der Waals surface area contributed by atoms with Crippen molar-refractivity contribution in [1.29, 1.82) is 0 Å². The van der Waals surface area contributed by atoms with Gasteiger partial charge in [0.15, 0.2) is 11.5 Å². The molecule has 0 amide bonds. The van der Waals surface area contributed by atoms with E-state index in [-0.39, 0.29) is 0 Å². The van der Waals surface area contributed by atoms with Crippen LogP contribution in [0.15, 0.2) is 18.2 Å². The molecule has 3 heteroatoms. The maximum Gasteiger partial charge on any atom is 0.161 e. The Hall–Kier alpha value is -1.22. The summed E-state index contributed by atoms with van der Waals surface area (Å²) >= 11 is 0. The largest absolute Gasteiger partial charge is 0.493 e. The molecule has 0 radical (unpaired) electrons. The van der Waals surface area contributed by atoms with Gasteiger partial charge in [-0.25, -0.2) is 0 Å². The van der Waals surface area contributed by atoms with Gasteiger partial charge in [-0.15, -0.1) is 0 Å². The van der Waals surface area contributed by atoms with E-state index in [4.69, 9.17) is 9.47 Å². The van der Waals surface area contributed by atoms with Gasteiger partial charge in [-0.05, 0) is 62.8 Å². The van der Waals surface area contributed by atoms with Crippen LogP contribution in [-0.4, -0.2) is 19.8 Å². The van der Waals surface area contributed by atoms with Crippen LogP contribution in [-0.2, 0) is 0 Å². The Balaban J connectivity index is 1.76. The Morgan fingerprint density at radius 3 is 2.58 bits per heavy atom. The highest BCUT2D eigenvalue weighted by Crippen LogP contribution is 2.35. The Morgan fingerprint density at radius 1 is 1.05 bits per heavy atom. The highest BCUT2D eigenvalue weighted by Gasteiger charge is 2.21. The lowest BCUT2D eigenvalue weighted by atomic mass is 10.0. The summed E-state index contributed by atoms with van der Waals surface area (Å²) in [5.41, 5.74) is 1.31. The first-order valence-corrected chi connectivity index (χ1v) is 7.45. The smallest absolute Gasteiger partial charge is 0.161 e. The second-order valence-corrected chi connectivity index (χ2v) is 5.58. The molecule has 19 heavy (non-hydrogen) atoms. The summed E-state index contributed by atoms with van der Waals surface area (Å²) in [4.78, 5) is 0. The van der Waals surface area contributed by atoms with Crippen LogP contribution in [0.4, 0.5) is 0 Å². The summed E-state index contributed by atoms with van der Waals surface area (Å²) < 4.78 is 11.6. The quantitative estimate of drug-likeness (QED) is 0.900. The molecule has 3 nitrogen and oxygen atoms in total. The van der Waals surface area contributed by atoms with Crippen molar-refractivity contribution in [3.63, 3.8) is 0 Å². The zero-order chi connectivity index (χ0) is 13.1. The lowest BCUT2D eigenvalue weighted by molar-refractivity contribution is 0.200. The van der Waals surface area contributed by atoms with Crippen LogP contribution >= 0.6 is 0 Å². The lowest BCUT2D eigenvalue weighted by Gasteiger charge is -2.18. The number of methoxy groups -OCH3 is 1. The van der Waals surface area contributed by atoms with Crippen LogP contribution in [0, 0.1) is 0 Å². The molecule has 1 N–H and O–H groups in total. The van der Waals surface area contributed by atoms with E-state index in [1.165, 1.54) is 44.1 Å². The van der Waals surface area contributed by atoms with E-state index >= 15 is 0 Å². The molecule has 3 rings (SSSR count). The van der Waals surface area contributed by atoms with Gasteiger partial charge in [0.25, 0.3) is 0 Å². The van der Waals surface area contributed by atoms with Crippen molar-refractivity contribution in [1.82, 2.24) is 5.32 Å². The first-order valence-electron chi connectivity index (χ1n) is 7.45. The van der Waals surface area contributed by atoms with Gasteiger partial charge >= 0.3 is 0 Å². The van der Waals surface area contributed by atoms with Crippen LogP contribution in [0.3, 0.4) is 0 Å². The minimum absolute atomic E-state index is 0.379. The normalized spacial score (nSPS) is 23.7. The van der Waals surface area contributed by atoms with Gasteiger partial charge in [-0.3, -0.25) is 0 Å². The third-order valence-electron chi connectivity index (χ3n) is 4.25. The fraction of sp³-hybridized carbons (Fsp3) is 0.625. The van der Waals surface area contributed by atoms with Crippen LogP contribution in [0.1, 0.15) is 50.1 Å². The lowest BCUT2D eigenvalue weighted by Crippen LogP contribution is -2.14. The van der Waals surface area contributed by atoms with Gasteiger partial charge in [-0.2, -0.15) is 0 Å². The highest BCUT2D eigenvalue weighted by molar-refractivity contribution is 5.44. The number of benzene rings is 1. The molecule has 1 unspecified atom stereocenters. The minimum Gasteiger partial charge on any atom is -0.493 e. The summed E-state index contributed by atoms with van der Waals surface area (Å²) in [5, 5.41) is 3.52. The molecule has 0 bridgehead atoms. The van der Waals surface area contributed by atoms with Gasteiger partial charge in [0.2, 0.25) is 0 Å². The van der Waals surface area contributed by atoms with E-state index in [2.05, 4.69) is 23.5 Å². The van der Waals surface area contributed by atoms with Crippen molar-refractivity contribution < 1.29 is 9.47 Å². The van der Waals surface area contributed by atoms with Crippen LogP contribution in [0.5, 0.6) is 11.5 Å². The molecule has 2 fully saturated rings. The Kier molecular flexibility index (Phi) is 3.92. The van der Waals surface area contributed by atoms with Gasteiger partial charge in [-0.1, -0.05) is 6.07 Å². The van der Waals surface area contributed by atoms with Crippen molar-refractivity contribution in [2.24, 2.45) is 0 Å². The van der Waals surface area contributed by atoms with E-state index in [0.717, 1.165) is 18.0 Å². The van der Waals surface area contributed by atoms with Crippen molar-refractivity contribution in [3.05, 3.63) is 23.8 Å². The van der Waals surface area contributed by atoms with Gasteiger partial charge < -0.3 is 14.8 Å². The molecule has 104 valence electrons. The SMILES string of the molecule is COc1cc(C2CCCN2)ccc1OC1CCCC1. The summed E-state index contributed by atoms with van der Waals surface area (Å²) in [6.45, 7) is 1.12. The maximum atomic E-state index is 6.07. The molecule has 2 aliphatic rings. The monoisotopic (exact) mass is 261 g/mol. The van der Waals surface area contributed by atoms with Gasteiger partial charge in [0, 0.05) is 6.04 Å². The molecule has 1 heterocycles. The first-order chi connectivity index (χ1) is 9.36. The van der Waals surface area contributed by atoms with Crippen molar-refractivity contribution in [3.8, 4) is 11.5 Å². The fourth-order valence-electron chi connectivity index (χ4n) is 3.15. The number of rotatable bonds is 4. The number of hydrogen-bond acceptors (Lipinski definition) is 3. The Labute approximate surface area is 115 Å². The predicted octanol–water partition coefficient (Wildman–Crippen LogP) is 3.44. The summed E-state index contributed by atoms with van der Waals surface area (Å²) in [6, 6.07) is 6.87. The fourth-order valence-corrected chi connectivity index (χ4v) is 3.15. The van der Waals surface area contributed by atoms with Crippen LogP contribution < -0.4 is 14.8 Å². The molecule has 1 aromatic rings. The molecule has 1 atom stereocenters. The summed E-state index contributed by atoms with van der Waals surface area (Å²) in [7, 11) is 1.72. The third kappa shape index (κ3) is 2.86. The average Bonchev–Trinajstić information content (AvgIpc) is 3.12. The standard InChI is InChI=1S/C16H23NO2/c1-18-16-11-12(14-7-4-10-17-14)8-9-15(16)19-13-5-2-3-6-13/h8-9,11,13-14,17H,2-7,10H2,1H3. The van der Waals surface area contributed by atoms with E-state index in [9.17, 15) is 0 Å². The topological polar surface area (TPSA) is 30.5 Å². The zero-order valence-corrected chi connectivity index (χ0v) is 11.7. The number of hydrogen-bond donors (Lipinski definition) is 1. The second kappa shape index (κ2) is 5.83. The number of ether oxygens (including phenoxy) is 2. The molecule has 1 aliphatic heterocycles. The Morgan fingerprint density at radius 2 is 1.89 bits per heavy atom. The van der Waals surface area contributed by atoms with E-state index in [1.807, 2.05) is 0 Å². The van der Waals surface area contributed by atoms with Crippen molar-refractivity contribution in [2.45, 2.75) is 50.7 Å². The first kappa shape index (κ1) is 12.8. The highest BCUT2D eigenvalue weighted by atomic mass is 16.5. The molecular weight excluding hydrogens is 238 g/mol. The van der Waals surface area contributed by atoms with E-state index in [0.29, 0.717) is 12.1 Å². The zero-order valence-electron chi connectivity index (χ0n) is 11.7. The van der Waals surface area contributed by atoms with Gasteiger partial charge in [0.1, 0.15) is 0 Å². The second-order valence-electron chi connectivity index (χ2n) is 5.58. The minimum atomic E-state index is 0.379.